The van der Waals surface area contributed by atoms with Crippen LogP contribution < -0.4 is 5.32 Å². The SMILES string of the molecule is O=C(Cn1nc(-c2ccc(F)cc2)c2cnc3ccccc3c21)Nc1cccc(F)c1. The summed E-state index contributed by atoms with van der Waals surface area (Å²) in [6, 6.07) is 19.3. The number of hydrogen-bond donors (Lipinski definition) is 1. The van der Waals surface area contributed by atoms with Crippen molar-refractivity contribution in [3.05, 3.63) is 90.6 Å². The van der Waals surface area contributed by atoms with Crippen LogP contribution >= 0.6 is 0 Å². The van der Waals surface area contributed by atoms with Gasteiger partial charge in [-0.25, -0.2) is 8.78 Å². The van der Waals surface area contributed by atoms with Crippen LogP contribution in [0, 0.1) is 11.6 Å². The van der Waals surface area contributed by atoms with Gasteiger partial charge < -0.3 is 5.32 Å². The number of pyridine rings is 1. The number of para-hydroxylation sites is 1. The second kappa shape index (κ2) is 7.60. The average molecular weight is 414 g/mol. The van der Waals surface area contributed by atoms with E-state index in [-0.39, 0.29) is 18.3 Å². The minimum absolute atomic E-state index is 0.0811. The predicted octanol–water partition coefficient (Wildman–Crippen LogP) is 5.17. The van der Waals surface area contributed by atoms with Crippen LogP contribution in [-0.2, 0) is 11.3 Å². The molecule has 0 saturated heterocycles. The first-order valence-corrected chi connectivity index (χ1v) is 9.64. The van der Waals surface area contributed by atoms with Gasteiger partial charge in [-0.3, -0.25) is 14.5 Å². The van der Waals surface area contributed by atoms with E-state index in [9.17, 15) is 13.6 Å². The number of rotatable bonds is 4. The molecule has 0 spiro atoms. The van der Waals surface area contributed by atoms with Crippen LogP contribution in [0.3, 0.4) is 0 Å². The average Bonchev–Trinajstić information content (AvgIpc) is 3.13. The Morgan fingerprint density at radius 3 is 2.52 bits per heavy atom. The zero-order valence-corrected chi connectivity index (χ0v) is 16.2. The molecule has 5 rings (SSSR count). The maximum Gasteiger partial charge on any atom is 0.246 e. The highest BCUT2D eigenvalue weighted by Crippen LogP contribution is 2.32. The second-order valence-electron chi connectivity index (χ2n) is 7.11. The Kier molecular flexibility index (Phi) is 4.63. The van der Waals surface area contributed by atoms with Crippen LogP contribution in [0.4, 0.5) is 14.5 Å². The highest BCUT2D eigenvalue weighted by molar-refractivity contribution is 6.08. The number of aromatic nitrogens is 3. The van der Waals surface area contributed by atoms with Gasteiger partial charge >= 0.3 is 0 Å². The molecular formula is C24H16F2N4O. The third-order valence-electron chi connectivity index (χ3n) is 5.00. The maximum atomic E-state index is 13.4. The van der Waals surface area contributed by atoms with E-state index in [4.69, 9.17) is 0 Å². The standard InChI is InChI=1S/C24H16F2N4O/c25-16-10-8-15(9-11-16)23-20-13-27-21-7-2-1-6-19(21)24(20)30(29-23)14-22(31)28-18-5-3-4-17(26)12-18/h1-13H,14H2,(H,28,31). The van der Waals surface area contributed by atoms with Gasteiger partial charge in [0.25, 0.3) is 0 Å². The number of anilines is 1. The molecule has 2 heterocycles. The number of nitrogens with zero attached hydrogens (tertiary/aromatic N) is 3. The molecule has 0 aliphatic carbocycles. The highest BCUT2D eigenvalue weighted by atomic mass is 19.1. The summed E-state index contributed by atoms with van der Waals surface area (Å²) in [6.07, 6.45) is 1.71. The smallest absolute Gasteiger partial charge is 0.246 e. The second-order valence-corrected chi connectivity index (χ2v) is 7.11. The minimum Gasteiger partial charge on any atom is -0.324 e. The molecule has 2 aromatic heterocycles. The topological polar surface area (TPSA) is 59.8 Å². The molecule has 1 N–H and O–H groups in total. The van der Waals surface area contributed by atoms with Crippen LogP contribution in [0.25, 0.3) is 33.1 Å². The number of amides is 1. The van der Waals surface area contributed by atoms with Gasteiger partial charge in [0.15, 0.2) is 0 Å². The van der Waals surface area contributed by atoms with Gasteiger partial charge in [0.1, 0.15) is 23.9 Å². The molecule has 0 fully saturated rings. The molecule has 0 unspecified atom stereocenters. The van der Waals surface area contributed by atoms with E-state index in [2.05, 4.69) is 15.4 Å². The fourth-order valence-corrected chi connectivity index (χ4v) is 3.64. The summed E-state index contributed by atoms with van der Waals surface area (Å²) in [7, 11) is 0. The van der Waals surface area contributed by atoms with E-state index in [0.29, 0.717) is 16.9 Å². The van der Waals surface area contributed by atoms with Crippen molar-refractivity contribution in [2.75, 3.05) is 5.32 Å². The van der Waals surface area contributed by atoms with E-state index in [1.54, 1.807) is 29.1 Å². The first kappa shape index (κ1) is 18.9. The summed E-state index contributed by atoms with van der Waals surface area (Å²) in [5.74, 6) is -1.12. The fourth-order valence-electron chi connectivity index (χ4n) is 3.64. The third kappa shape index (κ3) is 3.61. The zero-order chi connectivity index (χ0) is 21.4. The molecular weight excluding hydrogens is 398 g/mol. The Hall–Kier alpha value is -4.13. The van der Waals surface area contributed by atoms with Gasteiger partial charge in [0.05, 0.1) is 11.0 Å². The third-order valence-corrected chi connectivity index (χ3v) is 5.00. The lowest BCUT2D eigenvalue weighted by atomic mass is 10.1. The molecule has 5 aromatic rings. The molecule has 0 bridgehead atoms. The van der Waals surface area contributed by atoms with Crippen molar-refractivity contribution in [2.24, 2.45) is 0 Å². The largest absolute Gasteiger partial charge is 0.324 e. The molecule has 3 aromatic carbocycles. The van der Waals surface area contributed by atoms with Gasteiger partial charge in [0.2, 0.25) is 5.91 Å². The number of hydrogen-bond acceptors (Lipinski definition) is 3. The molecule has 31 heavy (non-hydrogen) atoms. The molecule has 0 atom stereocenters. The summed E-state index contributed by atoms with van der Waals surface area (Å²) < 4.78 is 28.5. The molecule has 0 radical (unpaired) electrons. The maximum absolute atomic E-state index is 13.4. The first-order valence-electron chi connectivity index (χ1n) is 9.64. The summed E-state index contributed by atoms with van der Waals surface area (Å²) in [5.41, 5.74) is 3.21. The van der Waals surface area contributed by atoms with Crippen molar-refractivity contribution >= 4 is 33.4 Å². The van der Waals surface area contributed by atoms with Crippen molar-refractivity contribution in [1.29, 1.82) is 0 Å². The van der Waals surface area contributed by atoms with Crippen LogP contribution in [0.15, 0.2) is 79.0 Å². The molecule has 152 valence electrons. The molecule has 7 heteroatoms. The van der Waals surface area contributed by atoms with Crippen molar-refractivity contribution in [1.82, 2.24) is 14.8 Å². The van der Waals surface area contributed by atoms with E-state index in [0.717, 1.165) is 21.8 Å². The molecule has 0 aliphatic heterocycles. The lowest BCUT2D eigenvalue weighted by molar-refractivity contribution is -0.116. The Balaban J connectivity index is 1.61. The Morgan fingerprint density at radius 2 is 1.71 bits per heavy atom. The van der Waals surface area contributed by atoms with Crippen molar-refractivity contribution in [3.63, 3.8) is 0 Å². The number of halogens is 2. The van der Waals surface area contributed by atoms with Crippen molar-refractivity contribution in [3.8, 4) is 11.3 Å². The normalized spacial score (nSPS) is 11.2. The molecule has 0 aliphatic rings. The van der Waals surface area contributed by atoms with Crippen molar-refractivity contribution < 1.29 is 13.6 Å². The minimum atomic E-state index is -0.432. The molecule has 5 nitrogen and oxygen atoms in total. The number of nitrogens with one attached hydrogen (secondary N) is 1. The molecule has 1 amide bonds. The summed E-state index contributed by atoms with van der Waals surface area (Å²) >= 11 is 0. The summed E-state index contributed by atoms with van der Waals surface area (Å²) in [4.78, 5) is 17.2. The van der Waals surface area contributed by atoms with Crippen LogP contribution in [0.1, 0.15) is 0 Å². The zero-order valence-electron chi connectivity index (χ0n) is 16.2. The van der Waals surface area contributed by atoms with Gasteiger partial charge in [-0.2, -0.15) is 5.10 Å². The van der Waals surface area contributed by atoms with Crippen molar-refractivity contribution in [2.45, 2.75) is 6.54 Å². The van der Waals surface area contributed by atoms with Gasteiger partial charge in [0, 0.05) is 28.2 Å². The summed E-state index contributed by atoms with van der Waals surface area (Å²) in [6.45, 7) is -0.0811. The van der Waals surface area contributed by atoms with Crippen LogP contribution in [-0.4, -0.2) is 20.7 Å². The first-order chi connectivity index (χ1) is 15.1. The van der Waals surface area contributed by atoms with E-state index in [1.165, 1.54) is 30.3 Å². The Morgan fingerprint density at radius 1 is 0.903 bits per heavy atom. The number of carbonyl (C=O) groups is 1. The Bertz CT molecular complexity index is 1430. The lowest BCUT2D eigenvalue weighted by Gasteiger charge is -2.07. The monoisotopic (exact) mass is 414 g/mol. The fraction of sp³-hybridized carbons (Fsp3) is 0.0417. The number of carbonyl (C=O) groups excluding carboxylic acids is 1. The Labute approximate surface area is 176 Å². The highest BCUT2D eigenvalue weighted by Gasteiger charge is 2.18. The van der Waals surface area contributed by atoms with Gasteiger partial charge in [-0.05, 0) is 48.5 Å². The predicted molar refractivity (Wildman–Crippen MR) is 115 cm³/mol. The van der Waals surface area contributed by atoms with E-state index >= 15 is 0 Å². The quantitative estimate of drug-likeness (QED) is 0.441. The summed E-state index contributed by atoms with van der Waals surface area (Å²) in [5, 5.41) is 8.95. The number of fused-ring (bicyclic) bond motifs is 3. The van der Waals surface area contributed by atoms with Crippen LogP contribution in [0.5, 0.6) is 0 Å². The number of benzene rings is 3. The van der Waals surface area contributed by atoms with Crippen LogP contribution in [0.2, 0.25) is 0 Å². The molecule has 0 saturated carbocycles. The van der Waals surface area contributed by atoms with E-state index in [1.807, 2.05) is 24.3 Å². The lowest BCUT2D eigenvalue weighted by Crippen LogP contribution is -2.19. The van der Waals surface area contributed by atoms with Gasteiger partial charge in [-0.1, -0.05) is 24.3 Å². The van der Waals surface area contributed by atoms with E-state index < -0.39 is 5.82 Å². The van der Waals surface area contributed by atoms with Gasteiger partial charge in [-0.15, -0.1) is 0 Å².